The van der Waals surface area contributed by atoms with E-state index in [0.717, 1.165) is 74.4 Å². The molecule has 1 aliphatic carbocycles. The molecule has 0 spiro atoms. The number of aromatic nitrogens is 2. The quantitative estimate of drug-likeness (QED) is 0.319. The zero-order valence-electron chi connectivity index (χ0n) is 20.7. The maximum absolute atomic E-state index is 12.2. The van der Waals surface area contributed by atoms with E-state index in [0.29, 0.717) is 17.6 Å². The zero-order chi connectivity index (χ0) is 24.7. The predicted octanol–water partition coefficient (Wildman–Crippen LogP) is 4.65. The summed E-state index contributed by atoms with van der Waals surface area (Å²) in [7, 11) is 0. The molecule has 0 bridgehead atoms. The van der Waals surface area contributed by atoms with Gasteiger partial charge in [0.05, 0.1) is 5.75 Å². The number of thioether (sulfide) groups is 1. The summed E-state index contributed by atoms with van der Waals surface area (Å²) in [6, 6.07) is 16.5. The average Bonchev–Trinajstić information content (AvgIpc) is 3.60. The van der Waals surface area contributed by atoms with Gasteiger partial charge in [-0.05, 0) is 37.0 Å². The molecule has 1 amide bonds. The van der Waals surface area contributed by atoms with E-state index >= 15 is 0 Å². The third-order valence-corrected chi connectivity index (χ3v) is 7.29. The molecule has 5 rings (SSSR count). The van der Waals surface area contributed by atoms with Crippen molar-refractivity contribution in [1.29, 1.82) is 0 Å². The third-order valence-electron chi connectivity index (χ3n) is 6.42. The van der Waals surface area contributed by atoms with Gasteiger partial charge in [-0.1, -0.05) is 61.2 Å². The van der Waals surface area contributed by atoms with E-state index in [1.807, 2.05) is 12.1 Å². The molecule has 1 aromatic carbocycles. The molecule has 36 heavy (non-hydrogen) atoms. The van der Waals surface area contributed by atoms with E-state index in [9.17, 15) is 4.79 Å². The molecule has 0 unspecified atom stereocenters. The number of anilines is 1. The van der Waals surface area contributed by atoms with Gasteiger partial charge in [-0.2, -0.15) is 0 Å². The molecule has 1 saturated heterocycles. The van der Waals surface area contributed by atoms with Crippen LogP contribution in [0, 0.1) is 0 Å². The Hall–Kier alpha value is -3.10. The first-order valence-corrected chi connectivity index (χ1v) is 13.7. The largest absolute Gasteiger partial charge is 0.455 e. The van der Waals surface area contributed by atoms with E-state index in [-0.39, 0.29) is 5.91 Å². The summed E-state index contributed by atoms with van der Waals surface area (Å²) < 4.78 is 5.76. The molecular formula is C28H33N5O2S. The number of nitrogens with one attached hydrogen (secondary N) is 1. The number of aryl methyl sites for hydroxylation is 1. The minimum absolute atomic E-state index is 0.130. The van der Waals surface area contributed by atoms with Gasteiger partial charge in [0.1, 0.15) is 11.6 Å². The van der Waals surface area contributed by atoms with Crippen molar-refractivity contribution in [3.05, 3.63) is 77.4 Å². The Morgan fingerprint density at radius 1 is 1.11 bits per heavy atom. The zero-order valence-corrected chi connectivity index (χ0v) is 21.5. The molecule has 3 aromatic rings. The molecule has 188 valence electrons. The van der Waals surface area contributed by atoms with Crippen LogP contribution in [0.2, 0.25) is 0 Å². The fourth-order valence-corrected chi connectivity index (χ4v) is 4.89. The van der Waals surface area contributed by atoms with Crippen LogP contribution in [0.15, 0.2) is 64.2 Å². The van der Waals surface area contributed by atoms with Gasteiger partial charge in [0.15, 0.2) is 10.9 Å². The SMILES string of the molecule is CCc1cc(N2CCN(C/C=C/c3ccccc3)CC2)nc(SCc2ccc(C(=O)NC3CC3)o2)n1. The van der Waals surface area contributed by atoms with Crippen LogP contribution in [0.5, 0.6) is 0 Å². The summed E-state index contributed by atoms with van der Waals surface area (Å²) >= 11 is 1.55. The van der Waals surface area contributed by atoms with Crippen molar-refractivity contribution < 1.29 is 9.21 Å². The second kappa shape index (κ2) is 11.8. The van der Waals surface area contributed by atoms with Crippen LogP contribution >= 0.6 is 11.8 Å². The Balaban J connectivity index is 1.15. The summed E-state index contributed by atoms with van der Waals surface area (Å²) in [4.78, 5) is 26.6. The lowest BCUT2D eigenvalue weighted by molar-refractivity contribution is 0.0922. The van der Waals surface area contributed by atoms with Gasteiger partial charge < -0.3 is 14.6 Å². The Kier molecular flexibility index (Phi) is 8.03. The van der Waals surface area contributed by atoms with Crippen molar-refractivity contribution in [3.63, 3.8) is 0 Å². The maximum Gasteiger partial charge on any atom is 0.287 e. The van der Waals surface area contributed by atoms with Crippen molar-refractivity contribution in [1.82, 2.24) is 20.2 Å². The maximum atomic E-state index is 12.2. The van der Waals surface area contributed by atoms with E-state index in [4.69, 9.17) is 14.4 Å². The van der Waals surface area contributed by atoms with Crippen LogP contribution in [0.3, 0.4) is 0 Å². The standard InChI is InChI=1S/C28H33N5O2S/c1-2-22-19-26(33-17-15-32(16-18-33)14-6-9-21-7-4-3-5-8-21)31-28(30-22)36-20-24-12-13-25(35-24)27(34)29-23-10-11-23/h3-9,12-13,19,23H,2,10-11,14-18,20H2,1H3,(H,29,34)/b9-6+. The molecule has 2 fully saturated rings. The van der Waals surface area contributed by atoms with Crippen LogP contribution in [0.25, 0.3) is 6.08 Å². The van der Waals surface area contributed by atoms with Crippen molar-refractivity contribution in [2.45, 2.75) is 43.1 Å². The second-order valence-electron chi connectivity index (χ2n) is 9.26. The molecule has 1 saturated carbocycles. The number of hydrogen-bond donors (Lipinski definition) is 1. The van der Waals surface area contributed by atoms with Gasteiger partial charge in [-0.3, -0.25) is 9.69 Å². The van der Waals surface area contributed by atoms with Crippen LogP contribution in [-0.4, -0.2) is 59.5 Å². The van der Waals surface area contributed by atoms with Gasteiger partial charge in [0.25, 0.3) is 5.91 Å². The topological polar surface area (TPSA) is 74.5 Å². The lowest BCUT2D eigenvalue weighted by atomic mass is 10.2. The normalized spacial score (nSPS) is 16.5. The monoisotopic (exact) mass is 503 g/mol. The lowest BCUT2D eigenvalue weighted by Gasteiger charge is -2.35. The molecule has 1 N–H and O–H groups in total. The smallest absolute Gasteiger partial charge is 0.287 e. The van der Waals surface area contributed by atoms with Crippen LogP contribution in [-0.2, 0) is 12.2 Å². The van der Waals surface area contributed by atoms with E-state index < -0.39 is 0 Å². The molecule has 8 heteroatoms. The Bertz CT molecular complexity index is 1180. The van der Waals surface area contributed by atoms with E-state index in [1.54, 1.807) is 17.8 Å². The van der Waals surface area contributed by atoms with E-state index in [1.165, 1.54) is 5.56 Å². The van der Waals surface area contributed by atoms with Crippen molar-refractivity contribution in [2.75, 3.05) is 37.6 Å². The number of piperazine rings is 1. The number of amides is 1. The summed E-state index contributed by atoms with van der Waals surface area (Å²) in [5.41, 5.74) is 2.28. The fourth-order valence-electron chi connectivity index (χ4n) is 4.13. The second-order valence-corrected chi connectivity index (χ2v) is 10.2. The van der Waals surface area contributed by atoms with Gasteiger partial charge in [0.2, 0.25) is 0 Å². The number of benzene rings is 1. The average molecular weight is 504 g/mol. The van der Waals surface area contributed by atoms with Crippen LogP contribution < -0.4 is 10.2 Å². The van der Waals surface area contributed by atoms with E-state index in [2.05, 4.69) is 64.5 Å². The minimum atomic E-state index is -0.130. The molecule has 1 aliphatic heterocycles. The van der Waals surface area contributed by atoms with Gasteiger partial charge in [0, 0.05) is 50.5 Å². The van der Waals surface area contributed by atoms with Crippen LogP contribution in [0.4, 0.5) is 5.82 Å². The van der Waals surface area contributed by atoms with Gasteiger partial charge in [-0.25, -0.2) is 9.97 Å². The molecule has 7 nitrogen and oxygen atoms in total. The predicted molar refractivity (Wildman–Crippen MR) is 144 cm³/mol. The highest BCUT2D eigenvalue weighted by atomic mass is 32.2. The summed E-state index contributed by atoms with van der Waals surface area (Å²) in [6.07, 6.45) is 7.41. The highest BCUT2D eigenvalue weighted by molar-refractivity contribution is 7.98. The van der Waals surface area contributed by atoms with Crippen molar-refractivity contribution in [3.8, 4) is 0 Å². The molecule has 2 aliphatic rings. The minimum Gasteiger partial charge on any atom is -0.455 e. The van der Waals surface area contributed by atoms with Crippen molar-refractivity contribution >= 4 is 29.6 Å². The first-order valence-electron chi connectivity index (χ1n) is 12.8. The summed E-state index contributed by atoms with van der Waals surface area (Å²) in [5.74, 6) is 2.58. The van der Waals surface area contributed by atoms with Gasteiger partial charge in [-0.15, -0.1) is 0 Å². The number of carbonyl (C=O) groups is 1. The summed E-state index contributed by atoms with van der Waals surface area (Å²) in [5, 5.41) is 3.71. The van der Waals surface area contributed by atoms with Crippen LogP contribution in [0.1, 0.15) is 47.3 Å². The Labute approximate surface area is 217 Å². The molecule has 3 heterocycles. The Morgan fingerprint density at radius 2 is 1.92 bits per heavy atom. The fraction of sp³-hybridized carbons (Fsp3) is 0.393. The first-order chi connectivity index (χ1) is 17.7. The molecule has 0 radical (unpaired) electrons. The lowest BCUT2D eigenvalue weighted by Crippen LogP contribution is -2.46. The number of carbonyl (C=O) groups excluding carboxylic acids is 1. The number of rotatable bonds is 10. The molecular weight excluding hydrogens is 470 g/mol. The Morgan fingerprint density at radius 3 is 2.67 bits per heavy atom. The number of furan rings is 1. The number of nitrogens with zero attached hydrogens (tertiary/aromatic N) is 4. The highest BCUT2D eigenvalue weighted by Crippen LogP contribution is 2.25. The highest BCUT2D eigenvalue weighted by Gasteiger charge is 2.25. The summed E-state index contributed by atoms with van der Waals surface area (Å²) in [6.45, 7) is 6.98. The first kappa shape index (κ1) is 24.6. The third kappa shape index (κ3) is 6.77. The molecule has 0 atom stereocenters. The molecule has 2 aromatic heterocycles. The number of hydrogen-bond acceptors (Lipinski definition) is 7. The van der Waals surface area contributed by atoms with Gasteiger partial charge >= 0.3 is 0 Å². The van der Waals surface area contributed by atoms with Crippen molar-refractivity contribution in [2.24, 2.45) is 0 Å².